The molecule has 28 heavy (non-hydrogen) atoms. The third-order valence-corrected chi connectivity index (χ3v) is 6.39. The lowest BCUT2D eigenvalue weighted by Gasteiger charge is -2.38. The number of nitrogens with zero attached hydrogens (tertiary/aromatic N) is 2. The van der Waals surface area contributed by atoms with Gasteiger partial charge in [0.1, 0.15) is 0 Å². The fourth-order valence-corrected chi connectivity index (χ4v) is 4.73. The van der Waals surface area contributed by atoms with Crippen molar-refractivity contribution in [3.05, 3.63) is 35.9 Å². The van der Waals surface area contributed by atoms with Crippen LogP contribution in [0.15, 0.2) is 30.3 Å². The van der Waals surface area contributed by atoms with E-state index in [0.717, 1.165) is 17.9 Å². The van der Waals surface area contributed by atoms with Gasteiger partial charge in [-0.15, -0.1) is 0 Å². The van der Waals surface area contributed by atoms with Crippen LogP contribution < -0.4 is 0 Å². The Morgan fingerprint density at radius 2 is 1.43 bits per heavy atom. The molecule has 1 aliphatic heterocycles. The van der Waals surface area contributed by atoms with Gasteiger partial charge in [0.25, 0.3) is 0 Å². The maximum atomic E-state index is 2.73. The fraction of sp³-hybridized carbons (Fsp3) is 0.769. The van der Waals surface area contributed by atoms with Crippen molar-refractivity contribution < 1.29 is 0 Å². The molecular formula is C26H48N2. The second kappa shape index (κ2) is 15.0. The third-order valence-electron chi connectivity index (χ3n) is 6.39. The average Bonchev–Trinajstić information content (AvgIpc) is 2.78. The molecule has 1 saturated heterocycles. The van der Waals surface area contributed by atoms with Gasteiger partial charge in [-0.3, -0.25) is 0 Å². The van der Waals surface area contributed by atoms with Crippen molar-refractivity contribution in [3.8, 4) is 0 Å². The molecule has 2 fully saturated rings. The van der Waals surface area contributed by atoms with Gasteiger partial charge in [-0.2, -0.15) is 0 Å². The Morgan fingerprint density at radius 1 is 0.857 bits per heavy atom. The Labute approximate surface area is 176 Å². The maximum absolute atomic E-state index is 2.73. The van der Waals surface area contributed by atoms with Crippen molar-refractivity contribution in [1.29, 1.82) is 0 Å². The quantitative estimate of drug-likeness (QED) is 0.527. The number of hydrogen-bond acceptors (Lipinski definition) is 2. The van der Waals surface area contributed by atoms with E-state index in [1.165, 1.54) is 71.0 Å². The highest BCUT2D eigenvalue weighted by molar-refractivity contribution is 5.20. The molecule has 1 aromatic carbocycles. The molecule has 0 amide bonds. The lowest BCUT2D eigenvalue weighted by molar-refractivity contribution is 0.130. The Morgan fingerprint density at radius 3 is 1.96 bits per heavy atom. The highest BCUT2D eigenvalue weighted by atomic mass is 15.2. The molecule has 1 atom stereocenters. The van der Waals surface area contributed by atoms with Crippen molar-refractivity contribution >= 4 is 0 Å². The standard InChI is InChI=1S/C22H36N2.2C2H6/c1-23(2)22(17-19-9-5-3-6-10-19)18-24-15-13-21(14-16-24)20-11-7-4-8-12-20;2*1-2/h4,7-8,11-12,19,21-22H,3,5-6,9-10,13-18H2,1-2H3;2*1-2H3. The number of piperidine rings is 1. The van der Waals surface area contributed by atoms with E-state index in [1.54, 1.807) is 5.56 Å². The molecule has 2 nitrogen and oxygen atoms in total. The van der Waals surface area contributed by atoms with Gasteiger partial charge < -0.3 is 9.80 Å². The first-order chi connectivity index (χ1) is 13.7. The molecule has 0 bridgehead atoms. The summed E-state index contributed by atoms with van der Waals surface area (Å²) in [6.45, 7) is 11.8. The molecule has 0 N–H and O–H groups in total. The van der Waals surface area contributed by atoms with Gasteiger partial charge in [0.2, 0.25) is 0 Å². The zero-order valence-corrected chi connectivity index (χ0v) is 19.8. The molecule has 1 unspecified atom stereocenters. The van der Waals surface area contributed by atoms with Crippen molar-refractivity contribution in [2.45, 2.75) is 91.0 Å². The van der Waals surface area contributed by atoms with Crippen LogP contribution in [0.25, 0.3) is 0 Å². The molecule has 0 radical (unpaired) electrons. The summed E-state index contributed by atoms with van der Waals surface area (Å²) in [6, 6.07) is 11.9. The van der Waals surface area contributed by atoms with E-state index < -0.39 is 0 Å². The Hall–Kier alpha value is -0.860. The summed E-state index contributed by atoms with van der Waals surface area (Å²) < 4.78 is 0. The van der Waals surface area contributed by atoms with E-state index in [1.807, 2.05) is 27.7 Å². The van der Waals surface area contributed by atoms with Gasteiger partial charge in [-0.1, -0.05) is 90.1 Å². The number of hydrogen-bond donors (Lipinski definition) is 0. The summed E-state index contributed by atoms with van der Waals surface area (Å²) in [5, 5.41) is 0. The molecular weight excluding hydrogens is 340 g/mol. The van der Waals surface area contributed by atoms with Crippen LogP contribution in [-0.2, 0) is 0 Å². The van der Waals surface area contributed by atoms with Crippen LogP contribution in [0.3, 0.4) is 0 Å². The summed E-state index contributed by atoms with van der Waals surface area (Å²) >= 11 is 0. The lowest BCUT2D eigenvalue weighted by Crippen LogP contribution is -2.44. The first-order valence-corrected chi connectivity index (χ1v) is 12.2. The monoisotopic (exact) mass is 388 g/mol. The predicted octanol–water partition coefficient (Wildman–Crippen LogP) is 6.82. The van der Waals surface area contributed by atoms with E-state index in [0.29, 0.717) is 0 Å². The minimum atomic E-state index is 0.737. The molecule has 2 heteroatoms. The minimum Gasteiger partial charge on any atom is -0.305 e. The summed E-state index contributed by atoms with van der Waals surface area (Å²) in [5.74, 6) is 1.76. The van der Waals surface area contributed by atoms with Crippen molar-refractivity contribution in [1.82, 2.24) is 9.80 Å². The van der Waals surface area contributed by atoms with E-state index in [2.05, 4.69) is 54.2 Å². The second-order valence-electron chi connectivity index (χ2n) is 8.34. The highest BCUT2D eigenvalue weighted by Crippen LogP contribution is 2.30. The topological polar surface area (TPSA) is 6.48 Å². The SMILES string of the molecule is CC.CC.CN(C)C(CC1CCCCC1)CN1CCC(c2ccccc2)CC1. The number of rotatable bonds is 6. The third kappa shape index (κ3) is 8.66. The number of likely N-dealkylation sites (tertiary alicyclic amines) is 1. The first-order valence-electron chi connectivity index (χ1n) is 12.2. The van der Waals surface area contributed by atoms with Crippen LogP contribution in [0.4, 0.5) is 0 Å². The van der Waals surface area contributed by atoms with Crippen LogP contribution in [0.5, 0.6) is 0 Å². The number of benzene rings is 1. The highest BCUT2D eigenvalue weighted by Gasteiger charge is 2.25. The van der Waals surface area contributed by atoms with Crippen molar-refractivity contribution in [2.75, 3.05) is 33.7 Å². The van der Waals surface area contributed by atoms with Crippen molar-refractivity contribution in [2.24, 2.45) is 5.92 Å². The average molecular weight is 389 g/mol. The molecule has 2 aliphatic rings. The molecule has 1 aromatic rings. The predicted molar refractivity (Wildman–Crippen MR) is 126 cm³/mol. The van der Waals surface area contributed by atoms with Crippen LogP contribution in [0.1, 0.15) is 90.5 Å². The van der Waals surface area contributed by atoms with Crippen LogP contribution in [0.2, 0.25) is 0 Å². The van der Waals surface area contributed by atoms with Gasteiger partial charge in [0.15, 0.2) is 0 Å². The second-order valence-corrected chi connectivity index (χ2v) is 8.34. The molecule has 1 saturated carbocycles. The van der Waals surface area contributed by atoms with Gasteiger partial charge >= 0.3 is 0 Å². The van der Waals surface area contributed by atoms with Gasteiger partial charge in [-0.05, 0) is 63.8 Å². The molecule has 1 aliphatic carbocycles. The van der Waals surface area contributed by atoms with E-state index in [4.69, 9.17) is 0 Å². The fourth-order valence-electron chi connectivity index (χ4n) is 4.73. The molecule has 1 heterocycles. The Kier molecular flexibility index (Phi) is 13.5. The zero-order chi connectivity index (χ0) is 20.8. The normalized spacial score (nSPS) is 20.0. The van der Waals surface area contributed by atoms with Crippen molar-refractivity contribution in [3.63, 3.8) is 0 Å². The van der Waals surface area contributed by atoms with Gasteiger partial charge in [0, 0.05) is 12.6 Å². The van der Waals surface area contributed by atoms with E-state index in [-0.39, 0.29) is 0 Å². The largest absolute Gasteiger partial charge is 0.305 e. The summed E-state index contributed by atoms with van der Waals surface area (Å²) in [6.07, 6.45) is 11.4. The molecule has 3 rings (SSSR count). The first kappa shape index (κ1) is 25.2. The Bertz CT molecular complexity index is 457. The molecule has 0 aromatic heterocycles. The van der Waals surface area contributed by atoms with Gasteiger partial charge in [-0.25, -0.2) is 0 Å². The summed E-state index contributed by atoms with van der Waals surface area (Å²) in [4.78, 5) is 5.21. The number of likely N-dealkylation sites (N-methyl/N-ethyl adjacent to an activating group) is 1. The summed E-state index contributed by atoms with van der Waals surface area (Å²) in [7, 11) is 4.56. The summed E-state index contributed by atoms with van der Waals surface area (Å²) in [5.41, 5.74) is 1.54. The van der Waals surface area contributed by atoms with Crippen LogP contribution in [0, 0.1) is 5.92 Å². The van der Waals surface area contributed by atoms with Crippen LogP contribution in [-0.4, -0.2) is 49.6 Å². The Balaban J connectivity index is 0.000000921. The zero-order valence-electron chi connectivity index (χ0n) is 19.8. The van der Waals surface area contributed by atoms with E-state index in [9.17, 15) is 0 Å². The van der Waals surface area contributed by atoms with Crippen LogP contribution >= 0.6 is 0 Å². The maximum Gasteiger partial charge on any atom is 0.0219 e. The minimum absolute atomic E-state index is 0.737. The molecule has 0 spiro atoms. The molecule has 162 valence electrons. The lowest BCUT2D eigenvalue weighted by atomic mass is 9.84. The van der Waals surface area contributed by atoms with E-state index >= 15 is 0 Å². The smallest absolute Gasteiger partial charge is 0.0219 e. The van der Waals surface area contributed by atoms with Gasteiger partial charge in [0.05, 0.1) is 0 Å².